The maximum Gasteiger partial charge on any atom is 0.257 e. The highest BCUT2D eigenvalue weighted by Gasteiger charge is 2.39. The number of nitrogens with one attached hydrogen (secondary N) is 1. The minimum absolute atomic E-state index is 0.0257. The fourth-order valence-corrected chi connectivity index (χ4v) is 7.91. The van der Waals surface area contributed by atoms with Crippen molar-refractivity contribution in [3.8, 4) is 11.1 Å². The Balaban J connectivity index is 1.35. The molecule has 11 heteroatoms. The number of carbonyl (C=O) groups is 1. The fourth-order valence-electron chi connectivity index (χ4n) is 7.91. The Hall–Kier alpha value is -4.16. The summed E-state index contributed by atoms with van der Waals surface area (Å²) < 4.78 is 83.4. The Labute approximate surface area is 352 Å². The molecule has 4 atom stereocenters. The topological polar surface area (TPSA) is 71.0 Å². The number of amides is 1. The lowest BCUT2D eigenvalue weighted by Crippen LogP contribution is -2.45. The van der Waals surface area contributed by atoms with Crippen molar-refractivity contribution in [2.45, 2.75) is 129 Å². The van der Waals surface area contributed by atoms with Crippen molar-refractivity contribution in [3.05, 3.63) is 130 Å². The smallest absolute Gasteiger partial charge is 0.257 e. The standard InChI is InChI=1S/C49H61F5N2O4/c1-4-6-8-10-12-14-26-56(27-15-13-11-9-7-5-2)31-40-33(3)47(36-24-22-34(32-57)23-25-36)60-49(59-40)39-21-17-20-38(29-39)37-19-16-18-35(28-37)30-55-48(58)41-42(50)44(52)46(54)45(53)43(41)51/h16-25,28-29,33,40,47,49,57H,4-15,26-27,30-32H2,1-3H3,(H,55,58)/t33-,40+,47+,49+/m0/s1. The molecule has 6 nitrogen and oxygen atoms in total. The fraction of sp³-hybridized carbons (Fsp3) is 0.490. The highest BCUT2D eigenvalue weighted by Crippen LogP contribution is 2.42. The van der Waals surface area contributed by atoms with Gasteiger partial charge in [0, 0.05) is 24.6 Å². The lowest BCUT2D eigenvalue weighted by molar-refractivity contribution is -0.276. The first-order chi connectivity index (χ1) is 29.1. The molecule has 0 aliphatic carbocycles. The average Bonchev–Trinajstić information content (AvgIpc) is 3.27. The number of aliphatic hydroxyl groups is 1. The van der Waals surface area contributed by atoms with E-state index in [4.69, 9.17) is 9.47 Å². The summed E-state index contributed by atoms with van der Waals surface area (Å²) in [6, 6.07) is 22.7. The van der Waals surface area contributed by atoms with E-state index in [0.717, 1.165) is 60.3 Å². The molecule has 326 valence electrons. The van der Waals surface area contributed by atoms with Crippen molar-refractivity contribution in [3.63, 3.8) is 0 Å². The minimum Gasteiger partial charge on any atom is -0.392 e. The Kier molecular flexibility index (Phi) is 18.6. The molecule has 4 aromatic carbocycles. The van der Waals surface area contributed by atoms with Crippen LogP contribution in [0, 0.1) is 35.0 Å². The monoisotopic (exact) mass is 836 g/mol. The third-order valence-electron chi connectivity index (χ3n) is 11.5. The number of halogens is 5. The van der Waals surface area contributed by atoms with Crippen molar-refractivity contribution < 1.29 is 41.3 Å². The summed E-state index contributed by atoms with van der Waals surface area (Å²) in [7, 11) is 0. The number of rotatable bonds is 23. The van der Waals surface area contributed by atoms with Gasteiger partial charge in [-0.3, -0.25) is 4.79 Å². The van der Waals surface area contributed by atoms with Gasteiger partial charge in [-0.25, -0.2) is 22.0 Å². The van der Waals surface area contributed by atoms with Gasteiger partial charge in [-0.05, 0) is 65.9 Å². The van der Waals surface area contributed by atoms with Gasteiger partial charge in [0.25, 0.3) is 5.91 Å². The second-order valence-electron chi connectivity index (χ2n) is 16.1. The van der Waals surface area contributed by atoms with Crippen LogP contribution < -0.4 is 5.32 Å². The largest absolute Gasteiger partial charge is 0.392 e. The molecule has 4 aromatic rings. The Morgan fingerprint density at radius 3 is 1.80 bits per heavy atom. The summed E-state index contributed by atoms with van der Waals surface area (Å²) >= 11 is 0. The molecule has 0 radical (unpaired) electrons. The molecular weight excluding hydrogens is 776 g/mol. The van der Waals surface area contributed by atoms with E-state index in [2.05, 4.69) is 31.0 Å². The molecular formula is C49H61F5N2O4. The minimum atomic E-state index is -2.33. The number of unbranched alkanes of at least 4 members (excludes halogenated alkanes) is 10. The Bertz CT molecular complexity index is 1920. The van der Waals surface area contributed by atoms with E-state index in [1.165, 1.54) is 64.2 Å². The van der Waals surface area contributed by atoms with Crippen LogP contribution in [0.5, 0.6) is 0 Å². The Morgan fingerprint density at radius 2 is 1.20 bits per heavy atom. The van der Waals surface area contributed by atoms with Crippen LogP contribution in [-0.2, 0) is 22.6 Å². The molecule has 1 heterocycles. The summed E-state index contributed by atoms with van der Waals surface area (Å²) in [4.78, 5) is 15.2. The van der Waals surface area contributed by atoms with Crippen molar-refractivity contribution >= 4 is 5.91 Å². The lowest BCUT2D eigenvalue weighted by atomic mass is 9.89. The third kappa shape index (κ3) is 12.7. The van der Waals surface area contributed by atoms with Crippen LogP contribution in [0.15, 0.2) is 72.8 Å². The van der Waals surface area contributed by atoms with Gasteiger partial charge in [-0.1, -0.05) is 146 Å². The molecule has 1 aliphatic rings. The number of hydrogen-bond acceptors (Lipinski definition) is 5. The molecule has 2 N–H and O–H groups in total. The summed E-state index contributed by atoms with van der Waals surface area (Å²) in [5, 5.41) is 12.0. The van der Waals surface area contributed by atoms with Gasteiger partial charge in [-0.2, -0.15) is 0 Å². The molecule has 0 unspecified atom stereocenters. The van der Waals surface area contributed by atoms with Gasteiger partial charge in [0.1, 0.15) is 5.56 Å². The van der Waals surface area contributed by atoms with Gasteiger partial charge in [0.2, 0.25) is 5.82 Å². The molecule has 1 amide bonds. The SMILES string of the molecule is CCCCCCCCN(CCCCCCCC)C[C@H]1O[C@@H](c2cccc(-c3cccc(CNC(=O)c4c(F)c(F)c(F)c(F)c4F)c3)c2)O[C@@H](c2ccc(CO)cc2)[C@H]1C. The van der Waals surface area contributed by atoms with Crippen molar-refractivity contribution in [1.29, 1.82) is 0 Å². The maximum absolute atomic E-state index is 14.3. The van der Waals surface area contributed by atoms with Crippen molar-refractivity contribution in [1.82, 2.24) is 10.2 Å². The highest BCUT2D eigenvalue weighted by molar-refractivity contribution is 5.94. The molecule has 1 aliphatic heterocycles. The normalized spacial score (nSPS) is 18.0. The molecule has 0 saturated carbocycles. The van der Waals surface area contributed by atoms with E-state index in [9.17, 15) is 31.9 Å². The summed E-state index contributed by atoms with van der Waals surface area (Å²) in [6.45, 7) is 9.19. The molecule has 1 fully saturated rings. The van der Waals surface area contributed by atoms with Crippen LogP contribution in [0.1, 0.15) is 143 Å². The third-order valence-corrected chi connectivity index (χ3v) is 11.5. The number of benzene rings is 4. The zero-order valence-corrected chi connectivity index (χ0v) is 35.3. The second-order valence-corrected chi connectivity index (χ2v) is 16.1. The zero-order valence-electron chi connectivity index (χ0n) is 35.3. The molecule has 0 bridgehead atoms. The van der Waals surface area contributed by atoms with Gasteiger partial charge < -0.3 is 24.8 Å². The molecule has 5 rings (SSSR count). The molecule has 60 heavy (non-hydrogen) atoms. The van der Waals surface area contributed by atoms with Crippen LogP contribution in [-0.4, -0.2) is 41.7 Å². The van der Waals surface area contributed by atoms with E-state index in [0.29, 0.717) is 5.56 Å². The zero-order chi connectivity index (χ0) is 43.0. The van der Waals surface area contributed by atoms with Crippen LogP contribution in [0.25, 0.3) is 11.1 Å². The molecule has 0 spiro atoms. The van der Waals surface area contributed by atoms with Gasteiger partial charge in [0.15, 0.2) is 29.6 Å². The number of carbonyl (C=O) groups excluding carboxylic acids is 1. The second kappa shape index (κ2) is 23.7. The lowest BCUT2D eigenvalue weighted by Gasteiger charge is -2.43. The Morgan fingerprint density at radius 1 is 0.650 bits per heavy atom. The van der Waals surface area contributed by atoms with Crippen molar-refractivity contribution in [2.24, 2.45) is 5.92 Å². The molecule has 1 saturated heterocycles. The van der Waals surface area contributed by atoms with E-state index in [1.807, 2.05) is 54.6 Å². The van der Waals surface area contributed by atoms with E-state index in [-0.39, 0.29) is 31.3 Å². The van der Waals surface area contributed by atoms with Gasteiger partial charge >= 0.3 is 0 Å². The summed E-state index contributed by atoms with van der Waals surface area (Å²) in [5.74, 6) is -12.5. The van der Waals surface area contributed by atoms with Crippen LogP contribution in [0.4, 0.5) is 22.0 Å². The van der Waals surface area contributed by atoms with Crippen LogP contribution in [0.2, 0.25) is 0 Å². The number of ether oxygens (including phenoxy) is 2. The van der Waals surface area contributed by atoms with Crippen LogP contribution >= 0.6 is 0 Å². The van der Waals surface area contributed by atoms with Gasteiger partial charge in [0.05, 0.1) is 18.8 Å². The first-order valence-electron chi connectivity index (χ1n) is 21.8. The quantitative estimate of drug-likeness (QED) is 0.0337. The number of aliphatic hydroxyl groups excluding tert-OH is 1. The highest BCUT2D eigenvalue weighted by atomic mass is 19.2. The molecule has 0 aromatic heterocycles. The van der Waals surface area contributed by atoms with Gasteiger partial charge in [-0.15, -0.1) is 0 Å². The maximum atomic E-state index is 14.3. The number of hydrogen-bond donors (Lipinski definition) is 2. The van der Waals surface area contributed by atoms with E-state index in [1.54, 1.807) is 18.2 Å². The van der Waals surface area contributed by atoms with E-state index >= 15 is 0 Å². The first kappa shape index (κ1) is 46.9. The van der Waals surface area contributed by atoms with Crippen LogP contribution in [0.3, 0.4) is 0 Å². The predicted octanol–water partition coefficient (Wildman–Crippen LogP) is 12.3. The average molecular weight is 837 g/mol. The number of nitrogens with zero attached hydrogens (tertiary/aromatic N) is 1. The van der Waals surface area contributed by atoms with Crippen molar-refractivity contribution in [2.75, 3.05) is 19.6 Å². The predicted molar refractivity (Wildman–Crippen MR) is 225 cm³/mol. The van der Waals surface area contributed by atoms with E-state index < -0.39 is 46.8 Å². The first-order valence-corrected chi connectivity index (χ1v) is 21.8. The summed E-state index contributed by atoms with van der Waals surface area (Å²) in [6.07, 6.45) is 13.7. The summed E-state index contributed by atoms with van der Waals surface area (Å²) in [5.41, 5.74) is 3.23.